The minimum Gasteiger partial charge on any atom is -0.393 e. The summed E-state index contributed by atoms with van der Waals surface area (Å²) in [6.07, 6.45) is 3.27. The van der Waals surface area contributed by atoms with Gasteiger partial charge in [-0.25, -0.2) is 4.98 Å². The average Bonchev–Trinajstić information content (AvgIpc) is 3.33. The zero-order chi connectivity index (χ0) is 20.7. The highest BCUT2D eigenvalue weighted by Gasteiger charge is 2.32. The maximum Gasteiger partial charge on any atom is 0.157 e. The van der Waals surface area contributed by atoms with Gasteiger partial charge in [-0.2, -0.15) is 5.26 Å². The third-order valence-corrected chi connectivity index (χ3v) is 6.21. The first-order valence-corrected chi connectivity index (χ1v) is 10.4. The van der Waals surface area contributed by atoms with Crippen molar-refractivity contribution < 1.29 is 5.11 Å². The highest BCUT2D eigenvalue weighted by Crippen LogP contribution is 2.37. The molecule has 152 valence electrons. The molecule has 0 saturated carbocycles. The molecule has 1 aliphatic heterocycles. The fraction of sp³-hybridized carbons (Fsp3) is 0.478. The van der Waals surface area contributed by atoms with Crippen LogP contribution in [0, 0.1) is 18.3 Å². The number of fused-ring (bicyclic) bond motifs is 3. The van der Waals surface area contributed by atoms with Crippen LogP contribution in [-0.4, -0.2) is 52.3 Å². The molecule has 1 fully saturated rings. The number of aliphatic hydroxyl groups is 1. The maximum atomic E-state index is 10.5. The molecular weight excluding hydrogens is 362 g/mol. The summed E-state index contributed by atoms with van der Waals surface area (Å²) in [5.41, 5.74) is 5.19. The number of nitriles is 1. The molecule has 0 spiro atoms. The van der Waals surface area contributed by atoms with Gasteiger partial charge in [0.25, 0.3) is 0 Å². The van der Waals surface area contributed by atoms with Crippen LogP contribution < -0.4 is 4.90 Å². The molecule has 6 nitrogen and oxygen atoms in total. The molecule has 2 aromatic heterocycles. The molecule has 3 heterocycles. The van der Waals surface area contributed by atoms with Gasteiger partial charge in [-0.1, -0.05) is 19.1 Å². The first-order chi connectivity index (χ1) is 14.0. The molecule has 0 aliphatic carbocycles. The van der Waals surface area contributed by atoms with Gasteiger partial charge in [-0.3, -0.25) is 9.30 Å². The highest BCUT2D eigenvalue weighted by atomic mass is 16.3. The van der Waals surface area contributed by atoms with E-state index in [9.17, 15) is 10.4 Å². The normalized spacial score (nSPS) is 18.1. The van der Waals surface area contributed by atoms with Crippen molar-refractivity contribution >= 4 is 22.5 Å². The second-order valence-electron chi connectivity index (χ2n) is 8.22. The number of rotatable bonds is 5. The Hall–Kier alpha value is -2.62. The van der Waals surface area contributed by atoms with Gasteiger partial charge < -0.3 is 10.0 Å². The molecule has 0 radical (unpaired) electrons. The van der Waals surface area contributed by atoms with E-state index in [-0.39, 0.29) is 6.17 Å². The predicted molar refractivity (Wildman–Crippen MR) is 116 cm³/mol. The van der Waals surface area contributed by atoms with E-state index in [1.54, 1.807) is 0 Å². The van der Waals surface area contributed by atoms with E-state index in [1.807, 2.05) is 32.0 Å². The van der Waals surface area contributed by atoms with Crippen LogP contribution in [0.1, 0.15) is 42.9 Å². The topological polar surface area (TPSA) is 67.8 Å². The van der Waals surface area contributed by atoms with Crippen molar-refractivity contribution in [3.63, 3.8) is 0 Å². The zero-order valence-corrected chi connectivity index (χ0v) is 17.7. The molecule has 2 unspecified atom stereocenters. The van der Waals surface area contributed by atoms with E-state index in [2.05, 4.69) is 40.4 Å². The fourth-order valence-electron chi connectivity index (χ4n) is 4.62. The van der Waals surface area contributed by atoms with Crippen LogP contribution in [0.3, 0.4) is 0 Å². The number of anilines is 1. The number of pyridine rings is 1. The summed E-state index contributed by atoms with van der Waals surface area (Å²) in [4.78, 5) is 9.52. The van der Waals surface area contributed by atoms with Gasteiger partial charge in [0.2, 0.25) is 0 Å². The SMILES string of the molecule is CCC(O)Cc1c(C)c(C#N)c2nc3ccccc3n2c1N1CCCC1N(C)C. The molecule has 2 atom stereocenters. The van der Waals surface area contributed by atoms with Gasteiger partial charge in [-0.15, -0.1) is 0 Å². The van der Waals surface area contributed by atoms with Crippen molar-refractivity contribution in [1.82, 2.24) is 14.3 Å². The number of aliphatic hydroxyl groups excluding tert-OH is 1. The average molecular weight is 392 g/mol. The lowest BCUT2D eigenvalue weighted by atomic mass is 9.97. The molecule has 1 aliphatic rings. The Labute approximate surface area is 172 Å². The molecule has 1 saturated heterocycles. The Kier molecular flexibility index (Phi) is 5.20. The number of imidazole rings is 1. The molecule has 1 aromatic carbocycles. The van der Waals surface area contributed by atoms with Gasteiger partial charge in [-0.05, 0) is 58.0 Å². The Morgan fingerprint density at radius 2 is 2.10 bits per heavy atom. The molecule has 0 amide bonds. The summed E-state index contributed by atoms with van der Waals surface area (Å²) in [6.45, 7) is 4.94. The minimum atomic E-state index is -0.438. The lowest BCUT2D eigenvalue weighted by Gasteiger charge is -2.34. The quantitative estimate of drug-likeness (QED) is 0.721. The van der Waals surface area contributed by atoms with Crippen molar-refractivity contribution in [1.29, 1.82) is 5.26 Å². The van der Waals surface area contributed by atoms with Gasteiger partial charge >= 0.3 is 0 Å². The van der Waals surface area contributed by atoms with Gasteiger partial charge in [0.1, 0.15) is 11.9 Å². The summed E-state index contributed by atoms with van der Waals surface area (Å²) in [6, 6.07) is 10.4. The summed E-state index contributed by atoms with van der Waals surface area (Å²) >= 11 is 0. The number of aromatic nitrogens is 2. The monoisotopic (exact) mass is 391 g/mol. The summed E-state index contributed by atoms with van der Waals surface area (Å²) in [7, 11) is 4.23. The van der Waals surface area contributed by atoms with E-state index < -0.39 is 6.10 Å². The standard InChI is InChI=1S/C23H29N5O/c1-5-16(29)13-17-15(2)18(14-24)22-25-19-9-6-7-10-20(19)28(22)23(17)27-12-8-11-21(27)26(3)4/h6-7,9-10,16,21,29H,5,8,11-13H2,1-4H3. The first-order valence-electron chi connectivity index (χ1n) is 10.4. The fourth-order valence-corrected chi connectivity index (χ4v) is 4.62. The van der Waals surface area contributed by atoms with Crippen LogP contribution in [0.15, 0.2) is 24.3 Å². The Bertz CT molecular complexity index is 1090. The highest BCUT2D eigenvalue weighted by molar-refractivity contribution is 5.86. The van der Waals surface area contributed by atoms with E-state index >= 15 is 0 Å². The third-order valence-electron chi connectivity index (χ3n) is 6.21. The number of hydrogen-bond acceptors (Lipinski definition) is 5. The van der Waals surface area contributed by atoms with Crippen molar-refractivity contribution in [2.24, 2.45) is 0 Å². The van der Waals surface area contributed by atoms with Crippen LogP contribution in [0.25, 0.3) is 16.7 Å². The van der Waals surface area contributed by atoms with Gasteiger partial charge in [0.15, 0.2) is 5.65 Å². The van der Waals surface area contributed by atoms with Crippen LogP contribution >= 0.6 is 0 Å². The van der Waals surface area contributed by atoms with Crippen LogP contribution in [0.2, 0.25) is 0 Å². The lowest BCUT2D eigenvalue weighted by molar-refractivity contribution is 0.170. The predicted octanol–water partition coefficient (Wildman–Crippen LogP) is 3.47. The molecule has 0 bridgehead atoms. The molecule has 1 N–H and O–H groups in total. The second kappa shape index (κ2) is 7.66. The number of benzene rings is 1. The van der Waals surface area contributed by atoms with Gasteiger partial charge in [0.05, 0.1) is 28.9 Å². The molecule has 3 aromatic rings. The zero-order valence-electron chi connectivity index (χ0n) is 17.7. The minimum absolute atomic E-state index is 0.282. The molecule has 4 rings (SSSR count). The molecule has 6 heteroatoms. The smallest absolute Gasteiger partial charge is 0.157 e. The second-order valence-corrected chi connectivity index (χ2v) is 8.22. The number of nitrogens with zero attached hydrogens (tertiary/aromatic N) is 5. The first kappa shape index (κ1) is 19.7. The lowest BCUT2D eigenvalue weighted by Crippen LogP contribution is -2.42. The van der Waals surface area contributed by atoms with E-state index in [0.29, 0.717) is 24.1 Å². The van der Waals surface area contributed by atoms with Crippen molar-refractivity contribution in [3.05, 3.63) is 41.0 Å². The Morgan fingerprint density at radius 3 is 2.79 bits per heavy atom. The maximum absolute atomic E-state index is 10.5. The van der Waals surface area contributed by atoms with E-state index in [1.165, 1.54) is 0 Å². The summed E-state index contributed by atoms with van der Waals surface area (Å²) < 4.78 is 2.15. The van der Waals surface area contributed by atoms with Crippen molar-refractivity contribution in [3.8, 4) is 6.07 Å². The third kappa shape index (κ3) is 3.15. The largest absolute Gasteiger partial charge is 0.393 e. The number of hydrogen-bond donors (Lipinski definition) is 1. The van der Waals surface area contributed by atoms with Crippen LogP contribution in [0.4, 0.5) is 5.82 Å². The van der Waals surface area contributed by atoms with Crippen molar-refractivity contribution in [2.45, 2.75) is 51.8 Å². The van der Waals surface area contributed by atoms with Crippen molar-refractivity contribution in [2.75, 3.05) is 25.5 Å². The molecule has 29 heavy (non-hydrogen) atoms. The summed E-state index contributed by atoms with van der Waals surface area (Å²) in [5.74, 6) is 1.08. The Morgan fingerprint density at radius 1 is 1.34 bits per heavy atom. The van der Waals surface area contributed by atoms with Crippen LogP contribution in [-0.2, 0) is 6.42 Å². The molecular formula is C23H29N5O. The van der Waals surface area contributed by atoms with Gasteiger partial charge in [0, 0.05) is 18.5 Å². The van der Waals surface area contributed by atoms with E-state index in [4.69, 9.17) is 4.98 Å². The number of para-hydroxylation sites is 2. The summed E-state index contributed by atoms with van der Waals surface area (Å²) in [5, 5.41) is 20.5. The van der Waals surface area contributed by atoms with E-state index in [0.717, 1.165) is 47.4 Å². The Balaban J connectivity index is 2.12. The van der Waals surface area contributed by atoms with Crippen LogP contribution in [0.5, 0.6) is 0 Å².